The van der Waals surface area contributed by atoms with Crippen LogP contribution in [0.5, 0.6) is 0 Å². The van der Waals surface area contributed by atoms with Gasteiger partial charge in [0.25, 0.3) is 0 Å². The second-order valence-corrected chi connectivity index (χ2v) is 6.49. The molecule has 24 heavy (non-hydrogen) atoms. The topological polar surface area (TPSA) is 45.2 Å². The molecule has 2 amide bonds. The monoisotopic (exact) mass is 323 g/mol. The Balaban J connectivity index is 1.58. The van der Waals surface area contributed by atoms with Crippen LogP contribution in [0.1, 0.15) is 31.0 Å². The summed E-state index contributed by atoms with van der Waals surface area (Å²) in [6, 6.07) is 16.4. The fourth-order valence-electron chi connectivity index (χ4n) is 2.96. The highest BCUT2D eigenvalue weighted by Crippen LogP contribution is 2.35. The maximum absolute atomic E-state index is 12.7. The van der Waals surface area contributed by atoms with E-state index in [1.54, 1.807) is 6.20 Å². The zero-order valence-electron chi connectivity index (χ0n) is 14.2. The van der Waals surface area contributed by atoms with Gasteiger partial charge in [0.15, 0.2) is 0 Å². The molecule has 0 aliphatic heterocycles. The molecule has 1 heterocycles. The second-order valence-electron chi connectivity index (χ2n) is 6.49. The molecule has 1 aromatic carbocycles. The quantitative estimate of drug-likeness (QED) is 0.845. The van der Waals surface area contributed by atoms with E-state index in [-0.39, 0.29) is 12.1 Å². The number of rotatable bonds is 7. The molecule has 4 heteroatoms. The fraction of sp³-hybridized carbons (Fsp3) is 0.400. The number of nitrogens with zero attached hydrogens (tertiary/aromatic N) is 2. The lowest BCUT2D eigenvalue weighted by Crippen LogP contribution is -2.46. The van der Waals surface area contributed by atoms with Crippen molar-refractivity contribution in [2.45, 2.75) is 38.8 Å². The Labute approximate surface area is 143 Å². The highest BCUT2D eigenvalue weighted by atomic mass is 16.2. The van der Waals surface area contributed by atoms with Crippen LogP contribution >= 0.6 is 0 Å². The summed E-state index contributed by atoms with van der Waals surface area (Å²) in [4.78, 5) is 19.0. The van der Waals surface area contributed by atoms with Crippen molar-refractivity contribution >= 4 is 6.03 Å². The minimum atomic E-state index is 0.0224. The highest BCUT2D eigenvalue weighted by molar-refractivity contribution is 5.74. The van der Waals surface area contributed by atoms with Gasteiger partial charge in [0.1, 0.15) is 0 Å². The number of amides is 2. The number of carbonyl (C=O) groups excluding carboxylic acids is 1. The number of aromatic nitrogens is 1. The molecule has 0 spiro atoms. The maximum Gasteiger partial charge on any atom is 0.317 e. The van der Waals surface area contributed by atoms with Crippen molar-refractivity contribution in [1.29, 1.82) is 0 Å². The van der Waals surface area contributed by atoms with Gasteiger partial charge in [-0.1, -0.05) is 36.4 Å². The smallest absolute Gasteiger partial charge is 0.317 e. The van der Waals surface area contributed by atoms with Crippen molar-refractivity contribution in [2.24, 2.45) is 5.92 Å². The fourth-order valence-corrected chi connectivity index (χ4v) is 2.96. The van der Waals surface area contributed by atoms with E-state index in [2.05, 4.69) is 29.4 Å². The van der Waals surface area contributed by atoms with Gasteiger partial charge in [-0.25, -0.2) is 4.79 Å². The predicted molar refractivity (Wildman–Crippen MR) is 95.5 cm³/mol. The number of hydrogen-bond donors (Lipinski definition) is 1. The number of urea groups is 1. The average Bonchev–Trinajstić information content (AvgIpc) is 3.46. The minimum Gasteiger partial charge on any atom is -0.338 e. The van der Waals surface area contributed by atoms with Crippen LogP contribution < -0.4 is 5.32 Å². The molecule has 1 aromatic heterocycles. The largest absolute Gasteiger partial charge is 0.338 e. The molecule has 0 saturated heterocycles. The van der Waals surface area contributed by atoms with Crippen LogP contribution in [-0.2, 0) is 13.0 Å². The van der Waals surface area contributed by atoms with Gasteiger partial charge < -0.3 is 10.2 Å². The van der Waals surface area contributed by atoms with E-state index in [1.807, 2.05) is 41.3 Å². The molecule has 1 saturated carbocycles. The van der Waals surface area contributed by atoms with Gasteiger partial charge in [-0.15, -0.1) is 0 Å². The predicted octanol–water partition coefficient (Wildman–Crippen LogP) is 3.63. The van der Waals surface area contributed by atoms with Gasteiger partial charge in [0, 0.05) is 37.4 Å². The molecule has 0 unspecified atom stereocenters. The minimum absolute atomic E-state index is 0.0224. The number of hydrogen-bond acceptors (Lipinski definition) is 2. The molecule has 1 aliphatic rings. The molecular weight excluding hydrogens is 298 g/mol. The van der Waals surface area contributed by atoms with Crippen molar-refractivity contribution in [3.8, 4) is 0 Å². The summed E-state index contributed by atoms with van der Waals surface area (Å²) in [5.74, 6) is 0.648. The molecule has 3 rings (SSSR count). The molecule has 1 N–H and O–H groups in total. The second kappa shape index (κ2) is 7.95. The van der Waals surface area contributed by atoms with Crippen molar-refractivity contribution in [1.82, 2.24) is 15.2 Å². The normalized spacial score (nSPS) is 14.9. The van der Waals surface area contributed by atoms with Gasteiger partial charge in [0.2, 0.25) is 0 Å². The van der Waals surface area contributed by atoms with Crippen LogP contribution in [0.15, 0.2) is 54.7 Å². The lowest BCUT2D eigenvalue weighted by molar-refractivity contribution is 0.167. The first kappa shape index (κ1) is 16.5. The summed E-state index contributed by atoms with van der Waals surface area (Å²) in [7, 11) is 0. The van der Waals surface area contributed by atoms with Crippen LogP contribution in [-0.4, -0.2) is 28.5 Å². The Kier molecular flexibility index (Phi) is 5.47. The standard InChI is InChI=1S/C20H25N3O/c1-16(18-10-11-18)23(15-17-7-3-2-4-8-17)20(24)22-14-12-19-9-5-6-13-21-19/h2-9,13,16,18H,10-12,14-15H2,1H3,(H,22,24)/t16-/m1/s1. The molecule has 0 radical (unpaired) electrons. The third kappa shape index (κ3) is 4.57. The first-order valence-corrected chi connectivity index (χ1v) is 8.72. The van der Waals surface area contributed by atoms with Crippen molar-refractivity contribution in [3.63, 3.8) is 0 Å². The summed E-state index contributed by atoms with van der Waals surface area (Å²) in [5, 5.41) is 3.06. The van der Waals surface area contributed by atoms with E-state index in [0.717, 1.165) is 12.1 Å². The first-order chi connectivity index (χ1) is 11.7. The number of benzene rings is 1. The Hall–Kier alpha value is -2.36. The molecule has 1 aliphatic carbocycles. The Morgan fingerprint density at radius 1 is 1.21 bits per heavy atom. The van der Waals surface area contributed by atoms with E-state index in [1.165, 1.54) is 18.4 Å². The summed E-state index contributed by atoms with van der Waals surface area (Å²) in [6.07, 6.45) is 5.00. The Bertz CT molecular complexity index is 640. The van der Waals surface area contributed by atoms with E-state index >= 15 is 0 Å². The Morgan fingerprint density at radius 2 is 1.96 bits per heavy atom. The van der Waals surface area contributed by atoms with E-state index in [9.17, 15) is 4.79 Å². The van der Waals surface area contributed by atoms with Crippen LogP contribution in [0.3, 0.4) is 0 Å². The van der Waals surface area contributed by atoms with Crippen LogP contribution in [0.2, 0.25) is 0 Å². The molecule has 1 fully saturated rings. The highest BCUT2D eigenvalue weighted by Gasteiger charge is 2.34. The zero-order chi connectivity index (χ0) is 16.8. The van der Waals surface area contributed by atoms with Crippen molar-refractivity contribution in [2.75, 3.05) is 6.54 Å². The zero-order valence-corrected chi connectivity index (χ0v) is 14.2. The van der Waals surface area contributed by atoms with Crippen LogP contribution in [0.25, 0.3) is 0 Å². The van der Waals surface area contributed by atoms with Gasteiger partial charge in [-0.05, 0) is 43.4 Å². The number of carbonyl (C=O) groups is 1. The van der Waals surface area contributed by atoms with Gasteiger partial charge >= 0.3 is 6.03 Å². The van der Waals surface area contributed by atoms with Crippen molar-refractivity contribution < 1.29 is 4.79 Å². The average molecular weight is 323 g/mol. The van der Waals surface area contributed by atoms with Crippen molar-refractivity contribution in [3.05, 3.63) is 66.0 Å². The summed E-state index contributed by atoms with van der Waals surface area (Å²) in [6.45, 7) is 3.44. The molecule has 0 bridgehead atoms. The van der Waals surface area contributed by atoms with E-state index in [0.29, 0.717) is 19.0 Å². The van der Waals surface area contributed by atoms with Gasteiger partial charge in [-0.3, -0.25) is 4.98 Å². The lowest BCUT2D eigenvalue weighted by atomic mass is 10.1. The van der Waals surface area contributed by atoms with E-state index < -0.39 is 0 Å². The number of pyridine rings is 1. The molecule has 126 valence electrons. The number of nitrogens with one attached hydrogen (secondary N) is 1. The van der Waals surface area contributed by atoms with Crippen LogP contribution in [0.4, 0.5) is 4.79 Å². The maximum atomic E-state index is 12.7. The summed E-state index contributed by atoms with van der Waals surface area (Å²) < 4.78 is 0. The first-order valence-electron chi connectivity index (χ1n) is 8.72. The summed E-state index contributed by atoms with van der Waals surface area (Å²) >= 11 is 0. The van der Waals surface area contributed by atoms with E-state index in [4.69, 9.17) is 0 Å². The molecular formula is C20H25N3O. The molecule has 1 atom stereocenters. The summed E-state index contributed by atoms with van der Waals surface area (Å²) in [5.41, 5.74) is 2.17. The SMILES string of the molecule is C[C@H](C1CC1)N(Cc1ccccc1)C(=O)NCCc1ccccn1. The molecule has 2 aromatic rings. The van der Waals surface area contributed by atoms with Gasteiger partial charge in [-0.2, -0.15) is 0 Å². The van der Waals surface area contributed by atoms with Gasteiger partial charge in [0.05, 0.1) is 0 Å². The molecule has 4 nitrogen and oxygen atoms in total. The third-order valence-corrected chi connectivity index (χ3v) is 4.64. The van der Waals surface area contributed by atoms with Crippen LogP contribution in [0, 0.1) is 5.92 Å². The third-order valence-electron chi connectivity index (χ3n) is 4.64. The Morgan fingerprint density at radius 3 is 2.62 bits per heavy atom. The lowest BCUT2D eigenvalue weighted by Gasteiger charge is -2.29.